The summed E-state index contributed by atoms with van der Waals surface area (Å²) in [5.41, 5.74) is 5.30. The van der Waals surface area contributed by atoms with Gasteiger partial charge in [-0.15, -0.1) is 0 Å². The van der Waals surface area contributed by atoms with Crippen LogP contribution in [0.5, 0.6) is 5.75 Å². The van der Waals surface area contributed by atoms with E-state index in [1.54, 1.807) is 7.11 Å². The summed E-state index contributed by atoms with van der Waals surface area (Å²) in [6.07, 6.45) is 21.5. The largest absolute Gasteiger partial charge is 0.505 e. The van der Waals surface area contributed by atoms with Gasteiger partial charge in [-0.1, -0.05) is 85.4 Å². The number of ether oxygens (including phenoxy) is 1. The minimum absolute atomic E-state index is 0.137. The Morgan fingerprint density at radius 1 is 1.21 bits per heavy atom. The average molecular weight is 509 g/mol. The summed E-state index contributed by atoms with van der Waals surface area (Å²) in [4.78, 5) is 18.8. The van der Waals surface area contributed by atoms with E-state index in [0.717, 1.165) is 42.6 Å². The Bertz CT molecular complexity index is 1430. The molecule has 196 valence electrons. The fourth-order valence-electron chi connectivity index (χ4n) is 4.45. The highest BCUT2D eigenvalue weighted by Crippen LogP contribution is 2.37. The molecule has 38 heavy (non-hydrogen) atoms. The molecule has 1 fully saturated rings. The zero-order chi connectivity index (χ0) is 27.1. The lowest BCUT2D eigenvalue weighted by Crippen LogP contribution is -2.38. The van der Waals surface area contributed by atoms with Crippen LogP contribution in [0, 0.1) is 0 Å². The Morgan fingerprint density at radius 3 is 2.71 bits per heavy atom. The number of hydrogen-bond donors (Lipinski definition) is 2. The highest BCUT2D eigenvalue weighted by molar-refractivity contribution is 6.10. The Morgan fingerprint density at radius 2 is 2.00 bits per heavy atom. The second-order valence-electron chi connectivity index (χ2n) is 9.50. The van der Waals surface area contributed by atoms with Crippen LogP contribution in [-0.4, -0.2) is 29.1 Å². The van der Waals surface area contributed by atoms with Crippen LogP contribution in [0.1, 0.15) is 62.5 Å². The van der Waals surface area contributed by atoms with Crippen LogP contribution >= 0.6 is 0 Å². The van der Waals surface area contributed by atoms with Crippen LogP contribution in [0.25, 0.3) is 16.5 Å². The maximum absolute atomic E-state index is 14.1. The van der Waals surface area contributed by atoms with E-state index in [0.29, 0.717) is 16.6 Å². The van der Waals surface area contributed by atoms with Crippen LogP contribution in [-0.2, 0) is 4.74 Å². The Hall–Kier alpha value is -4.12. The molecule has 1 saturated carbocycles. The van der Waals surface area contributed by atoms with Crippen molar-refractivity contribution in [1.82, 2.24) is 10.3 Å². The molecule has 0 aliphatic heterocycles. The Balaban J connectivity index is 1.85. The molecule has 0 saturated heterocycles. The number of benzene rings is 1. The van der Waals surface area contributed by atoms with Gasteiger partial charge >= 0.3 is 0 Å². The van der Waals surface area contributed by atoms with Gasteiger partial charge in [0.25, 0.3) is 5.91 Å². The number of pyridine rings is 1. The zero-order valence-electron chi connectivity index (χ0n) is 22.6. The number of fused-ring (bicyclic) bond motifs is 1. The molecule has 1 atom stereocenters. The third kappa shape index (κ3) is 6.05. The van der Waals surface area contributed by atoms with Crippen LogP contribution < -0.4 is 5.32 Å². The maximum atomic E-state index is 14.1. The molecule has 2 aliphatic rings. The van der Waals surface area contributed by atoms with Gasteiger partial charge in [-0.3, -0.25) is 4.79 Å². The van der Waals surface area contributed by atoms with Crippen molar-refractivity contribution in [1.29, 1.82) is 0 Å². The van der Waals surface area contributed by atoms with Gasteiger partial charge in [0.2, 0.25) is 0 Å². The monoisotopic (exact) mass is 508 g/mol. The fourth-order valence-corrected chi connectivity index (χ4v) is 4.45. The summed E-state index contributed by atoms with van der Waals surface area (Å²) < 4.78 is 5.85. The van der Waals surface area contributed by atoms with Crippen LogP contribution in [0.2, 0.25) is 0 Å². The molecule has 4 rings (SSSR count). The minimum atomic E-state index is -0.503. The molecule has 5 heteroatoms. The van der Waals surface area contributed by atoms with E-state index < -0.39 is 6.04 Å². The molecule has 2 N–H and O–H groups in total. The summed E-state index contributed by atoms with van der Waals surface area (Å²) >= 11 is 0. The average Bonchev–Trinajstić information content (AvgIpc) is 3.78. The third-order valence-electron chi connectivity index (χ3n) is 6.77. The molecule has 0 spiro atoms. The minimum Gasteiger partial charge on any atom is -0.505 e. The van der Waals surface area contributed by atoms with Gasteiger partial charge < -0.3 is 15.2 Å². The second kappa shape index (κ2) is 12.4. The van der Waals surface area contributed by atoms with Crippen molar-refractivity contribution in [3.05, 3.63) is 113 Å². The lowest BCUT2D eigenvalue weighted by molar-refractivity contribution is 0.0935. The van der Waals surface area contributed by atoms with E-state index in [4.69, 9.17) is 9.72 Å². The predicted molar refractivity (Wildman–Crippen MR) is 156 cm³/mol. The van der Waals surface area contributed by atoms with E-state index in [-0.39, 0.29) is 17.2 Å². The molecule has 1 heterocycles. The first-order chi connectivity index (χ1) is 18.5. The molecule has 1 aromatic carbocycles. The van der Waals surface area contributed by atoms with Gasteiger partial charge in [0.15, 0.2) is 5.75 Å². The molecule has 1 aromatic heterocycles. The van der Waals surface area contributed by atoms with Crippen molar-refractivity contribution in [3.8, 4) is 5.75 Å². The van der Waals surface area contributed by atoms with Crippen molar-refractivity contribution in [2.75, 3.05) is 7.11 Å². The summed E-state index contributed by atoms with van der Waals surface area (Å²) in [7, 11) is 1.65. The van der Waals surface area contributed by atoms with Crippen LogP contribution in [0.15, 0.2) is 101 Å². The molecule has 0 radical (unpaired) electrons. The van der Waals surface area contributed by atoms with Gasteiger partial charge in [-0.05, 0) is 56.7 Å². The summed E-state index contributed by atoms with van der Waals surface area (Å²) in [6.45, 7) is 6.16. The molecule has 0 bridgehead atoms. The van der Waals surface area contributed by atoms with Gasteiger partial charge in [0.05, 0.1) is 18.2 Å². The number of carbonyl (C=O) groups excluding carboxylic acids is 1. The number of hydrogen-bond acceptors (Lipinski definition) is 4. The van der Waals surface area contributed by atoms with Gasteiger partial charge in [-0.2, -0.15) is 0 Å². The van der Waals surface area contributed by atoms with Crippen LogP contribution in [0.4, 0.5) is 0 Å². The zero-order valence-corrected chi connectivity index (χ0v) is 22.6. The van der Waals surface area contributed by atoms with E-state index in [1.807, 2.05) is 79.8 Å². The number of methoxy groups -OCH3 is 1. The lowest BCUT2D eigenvalue weighted by Gasteiger charge is -2.23. The number of amides is 1. The number of para-hydroxylation sites is 1. The first-order valence-electron chi connectivity index (χ1n) is 13.2. The first kappa shape index (κ1) is 26.9. The number of nitrogens with one attached hydrogen (secondary N) is 1. The Kier molecular flexibility index (Phi) is 8.80. The van der Waals surface area contributed by atoms with E-state index in [2.05, 4.69) is 25.2 Å². The maximum Gasteiger partial charge on any atom is 0.256 e. The number of aromatic hydroxyl groups is 1. The third-order valence-corrected chi connectivity index (χ3v) is 6.77. The molecular weight excluding hydrogens is 472 g/mol. The molecule has 2 aliphatic carbocycles. The fraction of sp³-hybridized carbons (Fsp3) is 0.273. The van der Waals surface area contributed by atoms with Gasteiger partial charge in [0.1, 0.15) is 17.5 Å². The smallest absolute Gasteiger partial charge is 0.256 e. The number of rotatable bonds is 9. The number of aromatic nitrogens is 1. The van der Waals surface area contributed by atoms with Crippen molar-refractivity contribution in [2.24, 2.45) is 0 Å². The highest BCUT2D eigenvalue weighted by Gasteiger charge is 2.31. The van der Waals surface area contributed by atoms with Gasteiger partial charge in [0, 0.05) is 11.0 Å². The van der Waals surface area contributed by atoms with Gasteiger partial charge in [-0.25, -0.2) is 4.98 Å². The topological polar surface area (TPSA) is 71.5 Å². The number of nitrogens with zero attached hydrogens (tertiary/aromatic N) is 1. The molecule has 5 nitrogen and oxygen atoms in total. The molecule has 2 aromatic rings. The second-order valence-corrected chi connectivity index (χ2v) is 9.50. The van der Waals surface area contributed by atoms with E-state index >= 15 is 0 Å². The highest BCUT2D eigenvalue weighted by atomic mass is 16.5. The quantitative estimate of drug-likeness (QED) is 0.272. The normalized spacial score (nSPS) is 16.4. The molecular formula is C33H36N2O3. The first-order valence-corrected chi connectivity index (χ1v) is 13.2. The summed E-state index contributed by atoms with van der Waals surface area (Å²) in [5, 5.41) is 15.3. The van der Waals surface area contributed by atoms with Crippen molar-refractivity contribution < 1.29 is 14.6 Å². The van der Waals surface area contributed by atoms with Crippen molar-refractivity contribution in [2.45, 2.75) is 52.5 Å². The molecule has 1 unspecified atom stereocenters. The number of carbonyl (C=O) groups is 1. The SMILES string of the molecule is C\C=C/C(=C\C=C(/C)CC)C(NC(=O)c1c(O)c(C2=CC=CCC=C2)nc2ccccc12)C(OC)=C1CC1. The Labute approximate surface area is 225 Å². The van der Waals surface area contributed by atoms with E-state index in [1.165, 1.54) is 11.1 Å². The summed E-state index contributed by atoms with van der Waals surface area (Å²) in [5.74, 6) is 0.230. The molecule has 1 amide bonds. The van der Waals surface area contributed by atoms with Crippen LogP contribution in [0.3, 0.4) is 0 Å². The lowest BCUT2D eigenvalue weighted by atomic mass is 9.98. The summed E-state index contributed by atoms with van der Waals surface area (Å²) in [6, 6.07) is 6.91. The van der Waals surface area contributed by atoms with Crippen molar-refractivity contribution >= 4 is 22.4 Å². The van der Waals surface area contributed by atoms with E-state index in [9.17, 15) is 9.90 Å². The number of allylic oxidation sites excluding steroid dienone is 11. The van der Waals surface area contributed by atoms with Crippen molar-refractivity contribution in [3.63, 3.8) is 0 Å². The standard InChI is InChI=1S/C33H36N2O3/c1-5-13-23(19-18-22(3)6-2)30(32(38-4)25-20-21-25)35-33(37)28-26-16-11-12-17-27(26)34-29(31(28)36)24-14-9-7-8-10-15-24/h5,7,9-19,30,36H,6,8,20-21H2,1-4H3,(H,35,37)/b13-5-,22-18+,23-19+. The predicted octanol–water partition coefficient (Wildman–Crippen LogP) is 7.49.